The lowest BCUT2D eigenvalue weighted by molar-refractivity contribution is 0.0336. The number of ether oxygens (including phenoxy) is 1. The monoisotopic (exact) mass is 289 g/mol. The molecule has 1 unspecified atom stereocenters. The van der Waals surface area contributed by atoms with E-state index in [1.54, 1.807) is 0 Å². The second kappa shape index (κ2) is 7.95. The number of benzene rings is 1. The van der Waals surface area contributed by atoms with Gasteiger partial charge in [-0.1, -0.05) is 57.0 Å². The van der Waals surface area contributed by atoms with Crippen LogP contribution in [0.15, 0.2) is 30.3 Å². The summed E-state index contributed by atoms with van der Waals surface area (Å²) in [6.07, 6.45) is 6.14. The molecule has 1 aliphatic heterocycles. The highest BCUT2D eigenvalue weighted by atomic mass is 16.5. The van der Waals surface area contributed by atoms with Crippen LogP contribution in [-0.2, 0) is 10.2 Å². The zero-order valence-corrected chi connectivity index (χ0v) is 13.9. The number of hydrogen-bond acceptors (Lipinski definition) is 2. The summed E-state index contributed by atoms with van der Waals surface area (Å²) in [6, 6.07) is 11.6. The molecule has 0 aromatic heterocycles. The largest absolute Gasteiger partial charge is 0.381 e. The molecular formula is C19H31NO. The van der Waals surface area contributed by atoms with Crippen LogP contribution < -0.4 is 5.32 Å². The van der Waals surface area contributed by atoms with Gasteiger partial charge in [0, 0.05) is 24.7 Å². The highest BCUT2D eigenvalue weighted by Gasteiger charge is 2.40. The van der Waals surface area contributed by atoms with Gasteiger partial charge in [0.15, 0.2) is 0 Å². The lowest BCUT2D eigenvalue weighted by Gasteiger charge is -2.44. The maximum absolute atomic E-state index is 5.66. The predicted octanol–water partition coefficient (Wildman–Crippen LogP) is 4.15. The van der Waals surface area contributed by atoms with E-state index in [4.69, 9.17) is 4.74 Å². The number of hydrogen-bond donors (Lipinski definition) is 1. The fraction of sp³-hybridized carbons (Fsp3) is 0.684. The first kappa shape index (κ1) is 16.5. The summed E-state index contributed by atoms with van der Waals surface area (Å²) < 4.78 is 5.66. The van der Waals surface area contributed by atoms with Gasteiger partial charge in [0.1, 0.15) is 0 Å². The van der Waals surface area contributed by atoms with Crippen molar-refractivity contribution >= 4 is 0 Å². The molecule has 0 radical (unpaired) electrons. The van der Waals surface area contributed by atoms with Crippen LogP contribution in [0, 0.1) is 5.92 Å². The molecule has 0 amide bonds. The second-order valence-corrected chi connectivity index (χ2v) is 6.80. The van der Waals surface area contributed by atoms with Gasteiger partial charge in [-0.15, -0.1) is 0 Å². The van der Waals surface area contributed by atoms with Crippen molar-refractivity contribution in [1.82, 2.24) is 5.32 Å². The number of rotatable bonds is 7. The highest BCUT2D eigenvalue weighted by molar-refractivity contribution is 5.28. The van der Waals surface area contributed by atoms with Crippen molar-refractivity contribution in [3.8, 4) is 0 Å². The first-order valence-corrected chi connectivity index (χ1v) is 8.49. The fourth-order valence-electron chi connectivity index (χ4n) is 3.77. The van der Waals surface area contributed by atoms with Gasteiger partial charge in [0.05, 0.1) is 0 Å². The Morgan fingerprint density at radius 1 is 1.10 bits per heavy atom. The average molecular weight is 289 g/mol. The van der Waals surface area contributed by atoms with Crippen molar-refractivity contribution in [3.63, 3.8) is 0 Å². The molecule has 21 heavy (non-hydrogen) atoms. The lowest BCUT2D eigenvalue weighted by atomic mass is 9.67. The molecular weight excluding hydrogens is 258 g/mol. The van der Waals surface area contributed by atoms with Crippen LogP contribution in [0.5, 0.6) is 0 Å². The molecule has 1 aliphatic rings. The average Bonchev–Trinajstić information content (AvgIpc) is 2.53. The normalized spacial score (nSPS) is 19.6. The maximum Gasteiger partial charge on any atom is 0.0475 e. The Morgan fingerprint density at radius 2 is 1.76 bits per heavy atom. The Balaban J connectivity index is 2.17. The number of nitrogens with one attached hydrogen (secondary N) is 1. The molecule has 0 saturated carbocycles. The van der Waals surface area contributed by atoms with E-state index in [0.717, 1.165) is 32.0 Å². The van der Waals surface area contributed by atoms with Crippen molar-refractivity contribution < 1.29 is 4.74 Å². The molecule has 2 nitrogen and oxygen atoms in total. The topological polar surface area (TPSA) is 21.3 Å². The predicted molar refractivity (Wildman–Crippen MR) is 89.7 cm³/mol. The van der Waals surface area contributed by atoms with Crippen LogP contribution in [-0.4, -0.2) is 26.3 Å². The van der Waals surface area contributed by atoms with Crippen LogP contribution in [0.1, 0.15) is 51.5 Å². The van der Waals surface area contributed by atoms with Gasteiger partial charge >= 0.3 is 0 Å². The molecule has 0 spiro atoms. The Hall–Kier alpha value is -0.860. The standard InChI is InChI=1S/C19H31NO/c1-16(2)8-7-11-18(20-3)19(12-14-21-15-13-19)17-9-5-4-6-10-17/h4-6,9-10,16,18,20H,7-8,11-15H2,1-3H3. The number of likely N-dealkylation sites (N-methyl/N-ethyl adjacent to an activating group) is 1. The third kappa shape index (κ3) is 4.08. The zero-order chi connectivity index (χ0) is 15.1. The van der Waals surface area contributed by atoms with Crippen molar-refractivity contribution in [1.29, 1.82) is 0 Å². The van der Waals surface area contributed by atoms with Gasteiger partial charge in [-0.25, -0.2) is 0 Å². The van der Waals surface area contributed by atoms with E-state index < -0.39 is 0 Å². The molecule has 1 N–H and O–H groups in total. The molecule has 1 fully saturated rings. The SMILES string of the molecule is CNC(CCCC(C)C)C1(c2ccccc2)CCOCC1. The van der Waals surface area contributed by atoms with Gasteiger partial charge in [-0.05, 0) is 37.8 Å². The summed E-state index contributed by atoms with van der Waals surface area (Å²) in [6.45, 7) is 6.40. The molecule has 2 heteroatoms. The van der Waals surface area contributed by atoms with Gasteiger partial charge in [-0.2, -0.15) is 0 Å². The summed E-state index contributed by atoms with van der Waals surface area (Å²) >= 11 is 0. The summed E-state index contributed by atoms with van der Waals surface area (Å²) in [5, 5.41) is 3.63. The molecule has 1 saturated heterocycles. The quantitative estimate of drug-likeness (QED) is 0.814. The Bertz CT molecular complexity index is 395. The van der Waals surface area contributed by atoms with Crippen molar-refractivity contribution in [2.45, 2.75) is 57.4 Å². The van der Waals surface area contributed by atoms with E-state index in [9.17, 15) is 0 Å². The van der Waals surface area contributed by atoms with Crippen LogP contribution >= 0.6 is 0 Å². The van der Waals surface area contributed by atoms with E-state index in [1.165, 1.54) is 24.8 Å². The summed E-state index contributed by atoms with van der Waals surface area (Å²) in [4.78, 5) is 0. The van der Waals surface area contributed by atoms with E-state index in [0.29, 0.717) is 6.04 Å². The Morgan fingerprint density at radius 3 is 2.33 bits per heavy atom. The van der Waals surface area contributed by atoms with Crippen molar-refractivity contribution in [3.05, 3.63) is 35.9 Å². The minimum Gasteiger partial charge on any atom is -0.381 e. The first-order chi connectivity index (χ1) is 10.2. The van der Waals surface area contributed by atoms with Crippen molar-refractivity contribution in [2.75, 3.05) is 20.3 Å². The highest BCUT2D eigenvalue weighted by Crippen LogP contribution is 2.39. The first-order valence-electron chi connectivity index (χ1n) is 8.49. The fourth-order valence-corrected chi connectivity index (χ4v) is 3.77. The second-order valence-electron chi connectivity index (χ2n) is 6.80. The summed E-state index contributed by atoms with van der Waals surface area (Å²) in [7, 11) is 2.13. The minimum atomic E-state index is 0.241. The van der Waals surface area contributed by atoms with Crippen LogP contribution in [0.25, 0.3) is 0 Å². The van der Waals surface area contributed by atoms with Crippen LogP contribution in [0.2, 0.25) is 0 Å². The third-order valence-corrected chi connectivity index (χ3v) is 5.02. The molecule has 1 aromatic rings. The molecule has 2 rings (SSSR count). The maximum atomic E-state index is 5.66. The molecule has 0 bridgehead atoms. The van der Waals surface area contributed by atoms with Crippen molar-refractivity contribution in [2.24, 2.45) is 5.92 Å². The van der Waals surface area contributed by atoms with Crippen LogP contribution in [0.3, 0.4) is 0 Å². The zero-order valence-electron chi connectivity index (χ0n) is 13.9. The van der Waals surface area contributed by atoms with E-state index in [2.05, 4.69) is 56.5 Å². The molecule has 0 aliphatic carbocycles. The summed E-state index contributed by atoms with van der Waals surface area (Å²) in [5.74, 6) is 0.796. The van der Waals surface area contributed by atoms with Gasteiger partial charge in [0.2, 0.25) is 0 Å². The summed E-state index contributed by atoms with van der Waals surface area (Å²) in [5.41, 5.74) is 1.72. The van der Waals surface area contributed by atoms with E-state index >= 15 is 0 Å². The lowest BCUT2D eigenvalue weighted by Crippen LogP contribution is -2.50. The van der Waals surface area contributed by atoms with Crippen LogP contribution in [0.4, 0.5) is 0 Å². The van der Waals surface area contributed by atoms with E-state index in [1.807, 2.05) is 0 Å². The molecule has 118 valence electrons. The van der Waals surface area contributed by atoms with Gasteiger partial charge < -0.3 is 10.1 Å². The molecule has 1 heterocycles. The smallest absolute Gasteiger partial charge is 0.0475 e. The Kier molecular flexibility index (Phi) is 6.25. The Labute approximate surface area is 130 Å². The molecule has 1 atom stereocenters. The van der Waals surface area contributed by atoms with Gasteiger partial charge in [0.25, 0.3) is 0 Å². The molecule has 1 aromatic carbocycles. The van der Waals surface area contributed by atoms with E-state index in [-0.39, 0.29) is 5.41 Å². The third-order valence-electron chi connectivity index (χ3n) is 5.02. The minimum absolute atomic E-state index is 0.241. The van der Waals surface area contributed by atoms with Gasteiger partial charge in [-0.3, -0.25) is 0 Å².